The molecule has 0 heterocycles. The van der Waals surface area contributed by atoms with E-state index in [2.05, 4.69) is 5.32 Å². The van der Waals surface area contributed by atoms with Crippen LogP contribution in [0, 0.1) is 0 Å². The minimum atomic E-state index is -0.573. The van der Waals surface area contributed by atoms with Crippen LogP contribution >= 0.6 is 0 Å². The van der Waals surface area contributed by atoms with Gasteiger partial charge in [-0.3, -0.25) is 4.79 Å². The Morgan fingerprint density at radius 2 is 1.83 bits per heavy atom. The average Bonchev–Trinajstić information content (AvgIpc) is 2.51. The fraction of sp³-hybridized carbons (Fsp3) is 0.579. The molecule has 1 aromatic carbocycles. The summed E-state index contributed by atoms with van der Waals surface area (Å²) in [5.41, 5.74) is 0.540. The van der Waals surface area contributed by atoms with Crippen molar-refractivity contribution < 1.29 is 19.1 Å². The van der Waals surface area contributed by atoms with Gasteiger partial charge in [0, 0.05) is 13.0 Å². The van der Waals surface area contributed by atoms with Crippen LogP contribution in [-0.2, 0) is 20.9 Å². The fourth-order valence-electron chi connectivity index (χ4n) is 2.15. The molecule has 1 aromatic rings. The van der Waals surface area contributed by atoms with Crippen LogP contribution in [0.1, 0.15) is 52.5 Å². The van der Waals surface area contributed by atoms with Gasteiger partial charge in [0.1, 0.15) is 5.60 Å². The van der Waals surface area contributed by atoms with E-state index in [1.54, 1.807) is 20.8 Å². The highest BCUT2D eigenvalue weighted by molar-refractivity contribution is 5.87. The fourth-order valence-corrected chi connectivity index (χ4v) is 2.15. The highest BCUT2D eigenvalue weighted by atomic mass is 16.6. The molecule has 134 valence electrons. The van der Waals surface area contributed by atoms with Crippen LogP contribution in [0.4, 0.5) is 4.79 Å². The second-order valence-corrected chi connectivity index (χ2v) is 6.72. The Hall–Kier alpha value is -1.88. The quantitative estimate of drug-likeness (QED) is 0.696. The third-order valence-corrected chi connectivity index (χ3v) is 3.31. The van der Waals surface area contributed by atoms with Crippen LogP contribution in [0.15, 0.2) is 30.3 Å². The first-order valence-electron chi connectivity index (χ1n) is 8.45. The van der Waals surface area contributed by atoms with E-state index in [-0.39, 0.29) is 5.78 Å². The van der Waals surface area contributed by atoms with Crippen molar-refractivity contribution in [1.29, 1.82) is 0 Å². The summed E-state index contributed by atoms with van der Waals surface area (Å²) < 4.78 is 10.8. The first-order chi connectivity index (χ1) is 11.3. The number of benzene rings is 1. The second kappa shape index (κ2) is 10.1. The molecule has 1 atom stereocenters. The van der Waals surface area contributed by atoms with E-state index in [0.29, 0.717) is 32.5 Å². The van der Waals surface area contributed by atoms with Crippen LogP contribution in [-0.4, -0.2) is 30.1 Å². The first-order valence-corrected chi connectivity index (χ1v) is 8.45. The molecule has 1 N–H and O–H groups in total. The Bertz CT molecular complexity index is 508. The van der Waals surface area contributed by atoms with Crippen LogP contribution in [0.3, 0.4) is 0 Å². The number of hydrogen-bond acceptors (Lipinski definition) is 4. The molecule has 24 heavy (non-hydrogen) atoms. The van der Waals surface area contributed by atoms with Crippen molar-refractivity contribution in [2.45, 2.75) is 65.2 Å². The molecule has 0 spiro atoms. The van der Waals surface area contributed by atoms with Crippen molar-refractivity contribution in [3.63, 3.8) is 0 Å². The number of alkyl carbamates (subject to hydrolysis) is 1. The molecule has 0 saturated heterocycles. The molecule has 0 aliphatic heterocycles. The van der Waals surface area contributed by atoms with Crippen LogP contribution in [0.5, 0.6) is 0 Å². The normalized spacial score (nSPS) is 12.5. The average molecular weight is 335 g/mol. The predicted molar refractivity (Wildman–Crippen MR) is 93.8 cm³/mol. The van der Waals surface area contributed by atoms with Crippen molar-refractivity contribution in [3.05, 3.63) is 35.9 Å². The lowest BCUT2D eigenvalue weighted by Gasteiger charge is -2.22. The Balaban J connectivity index is 2.25. The van der Waals surface area contributed by atoms with Crippen LogP contribution in [0.2, 0.25) is 0 Å². The van der Waals surface area contributed by atoms with E-state index >= 15 is 0 Å². The molecule has 1 rings (SSSR count). The highest BCUT2D eigenvalue weighted by Crippen LogP contribution is 2.08. The van der Waals surface area contributed by atoms with Gasteiger partial charge in [0.25, 0.3) is 0 Å². The molecular formula is C19H29NO4. The SMILES string of the molecule is CC[C@H](NC(=O)OC(C)(C)C)C(=O)CCCOCc1ccccc1. The minimum Gasteiger partial charge on any atom is -0.444 e. The van der Waals surface area contributed by atoms with Gasteiger partial charge in [-0.2, -0.15) is 0 Å². The molecule has 0 saturated carbocycles. The molecule has 0 aromatic heterocycles. The Labute approximate surface area is 144 Å². The summed E-state index contributed by atoms with van der Waals surface area (Å²) in [6, 6.07) is 9.40. The van der Waals surface area contributed by atoms with Crippen molar-refractivity contribution in [2.75, 3.05) is 6.61 Å². The third kappa shape index (κ3) is 8.67. The zero-order valence-electron chi connectivity index (χ0n) is 15.1. The van der Waals surface area contributed by atoms with Crippen LogP contribution < -0.4 is 5.32 Å². The molecule has 1 amide bonds. The predicted octanol–water partition coefficient (Wildman–Crippen LogP) is 3.86. The highest BCUT2D eigenvalue weighted by Gasteiger charge is 2.22. The van der Waals surface area contributed by atoms with Gasteiger partial charge < -0.3 is 14.8 Å². The van der Waals surface area contributed by atoms with Gasteiger partial charge in [-0.05, 0) is 39.2 Å². The first kappa shape index (κ1) is 20.2. The summed E-state index contributed by atoms with van der Waals surface area (Å²) in [6.07, 6.45) is 1.01. The molecular weight excluding hydrogens is 306 g/mol. The van der Waals surface area contributed by atoms with Crippen molar-refractivity contribution in [3.8, 4) is 0 Å². The van der Waals surface area contributed by atoms with Crippen molar-refractivity contribution in [2.24, 2.45) is 0 Å². The number of carbonyl (C=O) groups excluding carboxylic acids is 2. The summed E-state index contributed by atoms with van der Waals surface area (Å²) >= 11 is 0. The number of amides is 1. The number of hydrogen-bond donors (Lipinski definition) is 1. The summed E-state index contributed by atoms with van der Waals surface area (Å²) in [4.78, 5) is 23.9. The van der Waals surface area contributed by atoms with E-state index in [4.69, 9.17) is 9.47 Å². The van der Waals surface area contributed by atoms with Gasteiger partial charge in [0.05, 0.1) is 12.6 Å². The number of ketones is 1. The minimum absolute atomic E-state index is 0.00618. The summed E-state index contributed by atoms with van der Waals surface area (Å²) in [7, 11) is 0. The lowest BCUT2D eigenvalue weighted by Crippen LogP contribution is -2.43. The maximum Gasteiger partial charge on any atom is 0.408 e. The topological polar surface area (TPSA) is 64.6 Å². The standard InChI is InChI=1S/C19H29NO4/c1-5-16(20-18(22)24-19(2,3)4)17(21)12-9-13-23-14-15-10-7-6-8-11-15/h6-8,10-11,16H,5,9,12-14H2,1-4H3,(H,20,22)/t16-/m0/s1. The zero-order valence-corrected chi connectivity index (χ0v) is 15.1. The number of ether oxygens (including phenoxy) is 2. The van der Waals surface area contributed by atoms with Gasteiger partial charge in [-0.25, -0.2) is 4.79 Å². The molecule has 0 radical (unpaired) electrons. The zero-order chi connectivity index (χ0) is 18.0. The Morgan fingerprint density at radius 1 is 1.17 bits per heavy atom. The maximum absolute atomic E-state index is 12.2. The summed E-state index contributed by atoms with van der Waals surface area (Å²) in [6.45, 7) is 8.30. The van der Waals surface area contributed by atoms with Gasteiger partial charge in [0.15, 0.2) is 5.78 Å². The molecule has 5 heteroatoms. The smallest absolute Gasteiger partial charge is 0.408 e. The third-order valence-electron chi connectivity index (χ3n) is 3.31. The second-order valence-electron chi connectivity index (χ2n) is 6.72. The molecule has 0 aliphatic rings. The number of nitrogens with one attached hydrogen (secondary N) is 1. The monoisotopic (exact) mass is 335 g/mol. The van der Waals surface area contributed by atoms with Crippen molar-refractivity contribution >= 4 is 11.9 Å². The Kier molecular flexibility index (Phi) is 8.47. The van der Waals surface area contributed by atoms with Crippen molar-refractivity contribution in [1.82, 2.24) is 5.32 Å². The lowest BCUT2D eigenvalue weighted by atomic mass is 10.1. The van der Waals surface area contributed by atoms with Gasteiger partial charge >= 0.3 is 6.09 Å². The largest absolute Gasteiger partial charge is 0.444 e. The van der Waals surface area contributed by atoms with Gasteiger partial charge in [-0.1, -0.05) is 37.3 Å². The van der Waals surface area contributed by atoms with E-state index in [0.717, 1.165) is 5.56 Å². The van der Waals surface area contributed by atoms with E-state index in [1.165, 1.54) is 0 Å². The number of rotatable bonds is 9. The van der Waals surface area contributed by atoms with E-state index in [9.17, 15) is 9.59 Å². The van der Waals surface area contributed by atoms with Crippen LogP contribution in [0.25, 0.3) is 0 Å². The molecule has 5 nitrogen and oxygen atoms in total. The molecule has 0 bridgehead atoms. The van der Waals surface area contributed by atoms with Gasteiger partial charge in [0.2, 0.25) is 0 Å². The molecule has 0 aliphatic carbocycles. The van der Waals surface area contributed by atoms with E-state index < -0.39 is 17.7 Å². The maximum atomic E-state index is 12.2. The lowest BCUT2D eigenvalue weighted by molar-refractivity contribution is -0.121. The number of carbonyl (C=O) groups is 2. The molecule has 0 fully saturated rings. The molecule has 0 unspecified atom stereocenters. The number of Topliss-reactive ketones (excluding diaryl/α,β-unsaturated/α-hetero) is 1. The van der Waals surface area contributed by atoms with Gasteiger partial charge in [-0.15, -0.1) is 0 Å². The summed E-state index contributed by atoms with van der Waals surface area (Å²) in [5.74, 6) is 0.00618. The Morgan fingerprint density at radius 3 is 2.42 bits per heavy atom. The summed E-state index contributed by atoms with van der Waals surface area (Å²) in [5, 5.41) is 2.64. The van der Waals surface area contributed by atoms with E-state index in [1.807, 2.05) is 37.3 Å².